The summed E-state index contributed by atoms with van der Waals surface area (Å²) in [7, 11) is 0. The van der Waals surface area contributed by atoms with E-state index in [9.17, 15) is 14.0 Å². The standard InChI is InChI=1S/C24H28FN5O3/c1-24(2,27-22(31)14-18-5-3-4-6-20(18)25)23(32)29-11-12-33-16-17(15-29)13-19-7-8-21-26-9-10-30(21)28-19/h3-10,17H,11-16H2,1-2H3,(H,27,31). The lowest BCUT2D eigenvalue weighted by atomic mass is 9.99. The van der Waals surface area contributed by atoms with Gasteiger partial charge in [-0.15, -0.1) is 0 Å². The fourth-order valence-corrected chi connectivity index (χ4v) is 4.10. The lowest BCUT2D eigenvalue weighted by Gasteiger charge is -2.33. The molecule has 1 fully saturated rings. The number of aromatic nitrogens is 3. The maximum Gasteiger partial charge on any atom is 0.247 e. The van der Waals surface area contributed by atoms with E-state index in [1.54, 1.807) is 53.9 Å². The minimum absolute atomic E-state index is 0.0647. The quantitative estimate of drug-likeness (QED) is 0.617. The number of fused-ring (bicyclic) bond motifs is 1. The zero-order valence-electron chi connectivity index (χ0n) is 18.8. The smallest absolute Gasteiger partial charge is 0.247 e. The van der Waals surface area contributed by atoms with E-state index in [0.29, 0.717) is 38.3 Å². The molecule has 0 aliphatic carbocycles. The van der Waals surface area contributed by atoms with Gasteiger partial charge in [-0.3, -0.25) is 9.59 Å². The molecule has 1 N–H and O–H groups in total. The van der Waals surface area contributed by atoms with Gasteiger partial charge in [0.15, 0.2) is 5.65 Å². The first kappa shape index (κ1) is 22.8. The minimum Gasteiger partial charge on any atom is -0.379 e. The van der Waals surface area contributed by atoms with Gasteiger partial charge < -0.3 is 15.0 Å². The Labute approximate surface area is 191 Å². The number of benzene rings is 1. The fourth-order valence-electron chi connectivity index (χ4n) is 4.10. The minimum atomic E-state index is -1.13. The Morgan fingerprint density at radius 2 is 2.06 bits per heavy atom. The van der Waals surface area contributed by atoms with E-state index in [2.05, 4.69) is 15.4 Å². The maximum atomic E-state index is 13.9. The van der Waals surface area contributed by atoms with Gasteiger partial charge >= 0.3 is 0 Å². The third-order valence-corrected chi connectivity index (χ3v) is 5.73. The van der Waals surface area contributed by atoms with Gasteiger partial charge in [0.2, 0.25) is 11.8 Å². The highest BCUT2D eigenvalue weighted by atomic mass is 19.1. The largest absolute Gasteiger partial charge is 0.379 e. The molecule has 1 saturated heterocycles. The number of amides is 2. The van der Waals surface area contributed by atoms with E-state index < -0.39 is 17.3 Å². The zero-order valence-corrected chi connectivity index (χ0v) is 18.8. The average Bonchev–Trinajstić information content (AvgIpc) is 3.12. The van der Waals surface area contributed by atoms with E-state index in [4.69, 9.17) is 4.74 Å². The van der Waals surface area contributed by atoms with Gasteiger partial charge in [-0.25, -0.2) is 13.9 Å². The SMILES string of the molecule is CC(C)(NC(=O)Cc1ccccc1F)C(=O)N1CCOCC(Cc2ccc3nccn3n2)C1. The van der Waals surface area contributed by atoms with Crippen molar-refractivity contribution in [2.45, 2.75) is 32.2 Å². The molecular weight excluding hydrogens is 425 g/mol. The topological polar surface area (TPSA) is 88.8 Å². The molecule has 0 saturated carbocycles. The summed E-state index contributed by atoms with van der Waals surface area (Å²) < 4.78 is 21.4. The summed E-state index contributed by atoms with van der Waals surface area (Å²) in [6, 6.07) is 9.98. The average molecular weight is 454 g/mol. The predicted octanol–water partition coefficient (Wildman–Crippen LogP) is 2.02. The van der Waals surface area contributed by atoms with Gasteiger partial charge in [-0.05, 0) is 44.0 Å². The summed E-state index contributed by atoms with van der Waals surface area (Å²) in [5.74, 6) is -0.974. The molecule has 0 bridgehead atoms. The lowest BCUT2D eigenvalue weighted by molar-refractivity contribution is -0.140. The Balaban J connectivity index is 1.39. The molecule has 4 rings (SSSR count). The number of hydrogen-bond acceptors (Lipinski definition) is 5. The highest BCUT2D eigenvalue weighted by Crippen LogP contribution is 2.17. The number of rotatable bonds is 6. The lowest BCUT2D eigenvalue weighted by Crippen LogP contribution is -2.57. The van der Waals surface area contributed by atoms with Gasteiger partial charge in [0.1, 0.15) is 11.4 Å². The molecule has 1 aliphatic heterocycles. The van der Waals surface area contributed by atoms with E-state index in [1.165, 1.54) is 6.07 Å². The summed E-state index contributed by atoms with van der Waals surface area (Å²) in [5, 5.41) is 7.34. The van der Waals surface area contributed by atoms with Crippen LogP contribution in [-0.2, 0) is 27.2 Å². The second-order valence-corrected chi connectivity index (χ2v) is 8.89. The number of nitrogens with zero attached hydrogens (tertiary/aromatic N) is 4. The second kappa shape index (κ2) is 9.66. The summed E-state index contributed by atoms with van der Waals surface area (Å²) in [5.41, 5.74) is 0.829. The molecule has 2 aromatic heterocycles. The van der Waals surface area contributed by atoms with Crippen LogP contribution in [0, 0.1) is 11.7 Å². The third kappa shape index (κ3) is 5.54. The fraction of sp³-hybridized carbons (Fsp3) is 0.417. The first-order valence-electron chi connectivity index (χ1n) is 11.0. The van der Waals surface area contributed by atoms with Gasteiger partial charge in [-0.1, -0.05) is 18.2 Å². The van der Waals surface area contributed by atoms with E-state index in [0.717, 1.165) is 11.3 Å². The molecule has 2 amide bonds. The molecule has 1 aliphatic rings. The van der Waals surface area contributed by atoms with Crippen LogP contribution >= 0.6 is 0 Å². The van der Waals surface area contributed by atoms with Crippen LogP contribution in [0.2, 0.25) is 0 Å². The molecule has 8 nitrogen and oxygen atoms in total. The van der Waals surface area contributed by atoms with E-state index in [1.807, 2.05) is 12.1 Å². The second-order valence-electron chi connectivity index (χ2n) is 8.89. The van der Waals surface area contributed by atoms with Crippen LogP contribution in [0.3, 0.4) is 0 Å². The van der Waals surface area contributed by atoms with Crippen LogP contribution in [0.25, 0.3) is 5.65 Å². The molecule has 3 heterocycles. The first-order valence-corrected chi connectivity index (χ1v) is 11.0. The summed E-state index contributed by atoms with van der Waals surface area (Å²) in [4.78, 5) is 31.8. The van der Waals surface area contributed by atoms with Crippen LogP contribution in [0.1, 0.15) is 25.1 Å². The molecule has 174 valence electrons. The highest BCUT2D eigenvalue weighted by Gasteiger charge is 2.35. The van der Waals surface area contributed by atoms with Crippen molar-refractivity contribution in [1.82, 2.24) is 24.8 Å². The molecule has 1 unspecified atom stereocenters. The summed E-state index contributed by atoms with van der Waals surface area (Å²) >= 11 is 0. The number of ether oxygens (including phenoxy) is 1. The molecule has 33 heavy (non-hydrogen) atoms. The van der Waals surface area contributed by atoms with Crippen molar-refractivity contribution in [1.29, 1.82) is 0 Å². The molecule has 9 heteroatoms. The van der Waals surface area contributed by atoms with Crippen LogP contribution in [-0.4, -0.2) is 63.2 Å². The molecule has 1 atom stereocenters. The van der Waals surface area contributed by atoms with E-state index in [-0.39, 0.29) is 18.2 Å². The van der Waals surface area contributed by atoms with Crippen LogP contribution in [0.5, 0.6) is 0 Å². The molecular formula is C24H28FN5O3. The van der Waals surface area contributed by atoms with Crippen molar-refractivity contribution in [2.75, 3.05) is 26.3 Å². The van der Waals surface area contributed by atoms with Crippen molar-refractivity contribution < 1.29 is 18.7 Å². The van der Waals surface area contributed by atoms with Gasteiger partial charge in [0.25, 0.3) is 0 Å². The van der Waals surface area contributed by atoms with Gasteiger partial charge in [0.05, 0.1) is 25.3 Å². The summed E-state index contributed by atoms with van der Waals surface area (Å²) in [6.45, 7) is 5.22. The van der Waals surface area contributed by atoms with Crippen molar-refractivity contribution in [2.24, 2.45) is 5.92 Å². The Kier molecular flexibility index (Phi) is 6.69. The molecule has 1 aromatic carbocycles. The number of imidazole rings is 1. The van der Waals surface area contributed by atoms with Crippen molar-refractivity contribution in [3.05, 3.63) is 65.9 Å². The third-order valence-electron chi connectivity index (χ3n) is 5.73. The van der Waals surface area contributed by atoms with Gasteiger partial charge in [0, 0.05) is 31.4 Å². The number of carbonyl (C=O) groups is 2. The Morgan fingerprint density at radius 3 is 2.88 bits per heavy atom. The Morgan fingerprint density at radius 1 is 1.24 bits per heavy atom. The molecule has 0 spiro atoms. The molecule has 3 aromatic rings. The van der Waals surface area contributed by atoms with Crippen LogP contribution in [0.4, 0.5) is 4.39 Å². The summed E-state index contributed by atoms with van der Waals surface area (Å²) in [6.07, 6.45) is 4.02. The monoisotopic (exact) mass is 453 g/mol. The highest BCUT2D eigenvalue weighted by molar-refractivity contribution is 5.91. The van der Waals surface area contributed by atoms with Gasteiger partial charge in [-0.2, -0.15) is 5.10 Å². The van der Waals surface area contributed by atoms with Crippen molar-refractivity contribution in [3.8, 4) is 0 Å². The number of halogens is 1. The number of carbonyl (C=O) groups excluding carboxylic acids is 2. The van der Waals surface area contributed by atoms with Crippen LogP contribution < -0.4 is 5.32 Å². The Bertz CT molecular complexity index is 1150. The maximum absolute atomic E-state index is 13.9. The number of nitrogens with one attached hydrogen (secondary N) is 1. The van der Waals surface area contributed by atoms with Crippen molar-refractivity contribution in [3.63, 3.8) is 0 Å². The van der Waals surface area contributed by atoms with Crippen LogP contribution in [0.15, 0.2) is 48.8 Å². The van der Waals surface area contributed by atoms with E-state index >= 15 is 0 Å². The first-order chi connectivity index (χ1) is 15.8. The normalized spacial score (nSPS) is 17.1. The Hall–Kier alpha value is -3.33. The zero-order chi connectivity index (χ0) is 23.4. The molecule has 0 radical (unpaired) electrons. The predicted molar refractivity (Wildman–Crippen MR) is 120 cm³/mol. The number of hydrogen-bond donors (Lipinski definition) is 1. The van der Waals surface area contributed by atoms with Crippen molar-refractivity contribution >= 4 is 17.5 Å².